The molecule has 1 N–H and O–H groups in total. The Hall–Kier alpha value is -1.14. The van der Waals surface area contributed by atoms with Crippen molar-refractivity contribution in [2.75, 3.05) is 18.4 Å². The Morgan fingerprint density at radius 3 is 2.71 bits per heavy atom. The van der Waals surface area contributed by atoms with Crippen molar-refractivity contribution in [3.8, 4) is 0 Å². The smallest absolute Gasteiger partial charge is 0.243 e. The van der Waals surface area contributed by atoms with Gasteiger partial charge in [-0.05, 0) is 38.2 Å². The Balaban J connectivity index is 2.23. The summed E-state index contributed by atoms with van der Waals surface area (Å²) >= 11 is 0. The molecule has 0 aliphatic heterocycles. The maximum atomic E-state index is 12.9. The minimum absolute atomic E-state index is 0.185. The highest BCUT2D eigenvalue weighted by molar-refractivity contribution is 7.89. The van der Waals surface area contributed by atoms with E-state index in [0.29, 0.717) is 23.2 Å². The van der Waals surface area contributed by atoms with Gasteiger partial charge in [0.05, 0.1) is 4.90 Å². The van der Waals surface area contributed by atoms with Crippen molar-refractivity contribution in [2.24, 2.45) is 5.92 Å². The zero-order valence-corrected chi connectivity index (χ0v) is 13.9. The lowest BCUT2D eigenvalue weighted by Gasteiger charge is -2.23. The van der Waals surface area contributed by atoms with E-state index in [2.05, 4.69) is 24.1 Å². The second-order valence-electron chi connectivity index (χ2n) is 5.94. The molecule has 0 unspecified atom stereocenters. The molecule has 0 amide bonds. The standard InChI is InChI=1S/C15H25N3O2S/c1-4-16-15-11-14(7-9-17-15)21(19,20)18(13-5-6-13)10-8-12(2)3/h7,9,11-13H,4-6,8,10H2,1-3H3,(H,16,17). The molecule has 2 rings (SSSR count). The van der Waals surface area contributed by atoms with E-state index in [1.807, 2.05) is 6.92 Å². The van der Waals surface area contributed by atoms with Gasteiger partial charge in [-0.2, -0.15) is 4.31 Å². The van der Waals surface area contributed by atoms with Gasteiger partial charge in [0.25, 0.3) is 0 Å². The number of hydrogen-bond acceptors (Lipinski definition) is 4. The van der Waals surface area contributed by atoms with Crippen LogP contribution >= 0.6 is 0 Å². The van der Waals surface area contributed by atoms with Crippen LogP contribution in [-0.4, -0.2) is 36.8 Å². The Morgan fingerprint density at radius 1 is 1.43 bits per heavy atom. The van der Waals surface area contributed by atoms with Crippen LogP contribution in [0.5, 0.6) is 0 Å². The third-order valence-corrected chi connectivity index (χ3v) is 5.52. The third-order valence-electron chi connectivity index (χ3n) is 3.58. The fourth-order valence-corrected chi connectivity index (χ4v) is 3.95. The Labute approximate surface area is 127 Å². The van der Waals surface area contributed by atoms with Crippen molar-refractivity contribution in [1.29, 1.82) is 0 Å². The fourth-order valence-electron chi connectivity index (χ4n) is 2.23. The van der Waals surface area contributed by atoms with E-state index < -0.39 is 10.0 Å². The van der Waals surface area contributed by atoms with Crippen LogP contribution in [0.1, 0.15) is 40.0 Å². The largest absolute Gasteiger partial charge is 0.370 e. The second-order valence-corrected chi connectivity index (χ2v) is 7.83. The Kier molecular flexibility index (Phi) is 5.22. The molecule has 1 aromatic heterocycles. The van der Waals surface area contributed by atoms with Crippen LogP contribution < -0.4 is 5.32 Å². The molecule has 1 aromatic rings. The maximum Gasteiger partial charge on any atom is 0.243 e. The molecule has 0 atom stereocenters. The number of hydrogen-bond donors (Lipinski definition) is 1. The van der Waals surface area contributed by atoms with E-state index in [9.17, 15) is 8.42 Å². The SMILES string of the molecule is CCNc1cc(S(=O)(=O)N(CCC(C)C)C2CC2)ccn1. The van der Waals surface area contributed by atoms with Gasteiger partial charge < -0.3 is 5.32 Å². The number of nitrogens with one attached hydrogen (secondary N) is 1. The summed E-state index contributed by atoms with van der Waals surface area (Å²) in [5, 5.41) is 3.06. The topological polar surface area (TPSA) is 62.3 Å². The predicted octanol–water partition coefficient (Wildman–Crippen LogP) is 2.71. The number of anilines is 1. The molecule has 6 heteroatoms. The highest BCUT2D eigenvalue weighted by Gasteiger charge is 2.37. The quantitative estimate of drug-likeness (QED) is 0.802. The first-order valence-electron chi connectivity index (χ1n) is 7.67. The van der Waals surface area contributed by atoms with E-state index in [-0.39, 0.29) is 6.04 Å². The molecule has 1 aliphatic rings. The number of pyridine rings is 1. The average Bonchev–Trinajstić information content (AvgIpc) is 3.23. The molecule has 0 spiro atoms. The molecule has 1 fully saturated rings. The summed E-state index contributed by atoms with van der Waals surface area (Å²) in [5.74, 6) is 1.11. The summed E-state index contributed by atoms with van der Waals surface area (Å²) in [6.45, 7) is 7.52. The van der Waals surface area contributed by atoms with Crippen LogP contribution in [0.4, 0.5) is 5.82 Å². The van der Waals surface area contributed by atoms with Gasteiger partial charge in [0.15, 0.2) is 0 Å². The average molecular weight is 311 g/mol. The van der Waals surface area contributed by atoms with E-state index in [0.717, 1.165) is 25.8 Å². The summed E-state index contributed by atoms with van der Waals surface area (Å²) < 4.78 is 27.4. The summed E-state index contributed by atoms with van der Waals surface area (Å²) in [4.78, 5) is 4.48. The molecule has 0 bridgehead atoms. The van der Waals surface area contributed by atoms with Crippen molar-refractivity contribution < 1.29 is 8.42 Å². The lowest BCUT2D eigenvalue weighted by molar-refractivity contribution is 0.373. The number of aromatic nitrogens is 1. The molecule has 1 saturated carbocycles. The number of rotatable bonds is 8. The highest BCUT2D eigenvalue weighted by Crippen LogP contribution is 2.32. The van der Waals surface area contributed by atoms with Crippen molar-refractivity contribution >= 4 is 15.8 Å². The van der Waals surface area contributed by atoms with Gasteiger partial charge in [-0.15, -0.1) is 0 Å². The molecular weight excluding hydrogens is 286 g/mol. The van der Waals surface area contributed by atoms with Crippen LogP contribution in [0.25, 0.3) is 0 Å². The zero-order valence-electron chi connectivity index (χ0n) is 13.0. The van der Waals surface area contributed by atoms with Crippen LogP contribution in [0, 0.1) is 5.92 Å². The van der Waals surface area contributed by atoms with Crippen LogP contribution in [0.3, 0.4) is 0 Å². The van der Waals surface area contributed by atoms with E-state index >= 15 is 0 Å². The van der Waals surface area contributed by atoms with Gasteiger partial charge in [-0.25, -0.2) is 13.4 Å². The number of sulfonamides is 1. The predicted molar refractivity (Wildman–Crippen MR) is 84.8 cm³/mol. The summed E-state index contributed by atoms with van der Waals surface area (Å²) in [6.07, 6.45) is 4.39. The first kappa shape index (κ1) is 16.2. The van der Waals surface area contributed by atoms with Gasteiger partial charge >= 0.3 is 0 Å². The molecule has 5 nitrogen and oxygen atoms in total. The van der Waals surface area contributed by atoms with Crippen molar-refractivity contribution in [3.63, 3.8) is 0 Å². The summed E-state index contributed by atoms with van der Waals surface area (Å²) in [5.41, 5.74) is 0. The first-order valence-corrected chi connectivity index (χ1v) is 9.11. The lowest BCUT2D eigenvalue weighted by atomic mass is 10.1. The van der Waals surface area contributed by atoms with Crippen molar-refractivity contribution in [1.82, 2.24) is 9.29 Å². The van der Waals surface area contributed by atoms with E-state index in [4.69, 9.17) is 0 Å². The normalized spacial score (nSPS) is 15.7. The minimum atomic E-state index is -3.42. The Bertz CT molecular complexity index is 568. The molecule has 0 saturated heterocycles. The van der Waals surface area contributed by atoms with Crippen LogP contribution in [-0.2, 0) is 10.0 Å². The first-order chi connectivity index (χ1) is 9.95. The van der Waals surface area contributed by atoms with E-state index in [1.54, 1.807) is 22.6 Å². The molecule has 0 radical (unpaired) electrons. The molecule has 1 heterocycles. The Morgan fingerprint density at radius 2 is 2.14 bits per heavy atom. The summed E-state index contributed by atoms with van der Waals surface area (Å²) in [6, 6.07) is 3.40. The number of nitrogens with zero attached hydrogens (tertiary/aromatic N) is 2. The van der Waals surface area contributed by atoms with Crippen molar-refractivity contribution in [3.05, 3.63) is 18.3 Å². The molecular formula is C15H25N3O2S. The highest BCUT2D eigenvalue weighted by atomic mass is 32.2. The van der Waals surface area contributed by atoms with E-state index in [1.165, 1.54) is 0 Å². The third kappa shape index (κ3) is 4.17. The van der Waals surface area contributed by atoms with Gasteiger partial charge in [-0.1, -0.05) is 13.8 Å². The van der Waals surface area contributed by atoms with Gasteiger partial charge in [0, 0.05) is 31.4 Å². The van der Waals surface area contributed by atoms with Gasteiger partial charge in [-0.3, -0.25) is 0 Å². The monoisotopic (exact) mass is 311 g/mol. The summed E-state index contributed by atoms with van der Waals surface area (Å²) in [7, 11) is -3.42. The van der Waals surface area contributed by atoms with Gasteiger partial charge in [0.2, 0.25) is 10.0 Å². The second kappa shape index (κ2) is 6.75. The molecule has 0 aromatic carbocycles. The zero-order chi connectivity index (χ0) is 15.5. The van der Waals surface area contributed by atoms with Gasteiger partial charge in [0.1, 0.15) is 5.82 Å². The van der Waals surface area contributed by atoms with Crippen LogP contribution in [0.15, 0.2) is 23.2 Å². The molecule has 1 aliphatic carbocycles. The van der Waals surface area contributed by atoms with Crippen LogP contribution in [0.2, 0.25) is 0 Å². The molecule has 118 valence electrons. The lowest BCUT2D eigenvalue weighted by Crippen LogP contribution is -2.34. The fraction of sp³-hybridized carbons (Fsp3) is 0.667. The minimum Gasteiger partial charge on any atom is -0.370 e. The van der Waals surface area contributed by atoms with Crippen molar-refractivity contribution in [2.45, 2.75) is 51.0 Å². The molecule has 21 heavy (non-hydrogen) atoms. The maximum absolute atomic E-state index is 12.9.